The lowest BCUT2D eigenvalue weighted by Crippen LogP contribution is -2.46. The van der Waals surface area contributed by atoms with Crippen LogP contribution in [0.3, 0.4) is 0 Å². The van der Waals surface area contributed by atoms with Gasteiger partial charge in [0, 0.05) is 51.2 Å². The van der Waals surface area contributed by atoms with Crippen molar-refractivity contribution in [1.82, 2.24) is 24.6 Å². The molecule has 1 aliphatic rings. The van der Waals surface area contributed by atoms with Crippen LogP contribution in [0.4, 0.5) is 5.13 Å². The minimum Gasteiger partial charge on any atom is -0.358 e. The van der Waals surface area contributed by atoms with Crippen LogP contribution >= 0.6 is 23.6 Å². The molecule has 0 radical (unpaired) electrons. The number of rotatable bonds is 6. The minimum atomic E-state index is 0.371. The SMILES string of the molecule is CC(C)Nc1nn(CN2CCN(Cc3ccncc3)CC2)c(=S)s1. The van der Waals surface area contributed by atoms with Crippen LogP contribution in [0.15, 0.2) is 24.5 Å². The second kappa shape index (κ2) is 8.15. The molecule has 0 bridgehead atoms. The quantitative estimate of drug-likeness (QED) is 0.796. The third-order valence-electron chi connectivity index (χ3n) is 3.97. The van der Waals surface area contributed by atoms with E-state index in [0.717, 1.165) is 48.5 Å². The molecule has 6 nitrogen and oxygen atoms in total. The molecule has 0 unspecified atom stereocenters. The number of nitrogens with zero attached hydrogens (tertiary/aromatic N) is 5. The van der Waals surface area contributed by atoms with Crippen LogP contribution in [-0.2, 0) is 13.2 Å². The van der Waals surface area contributed by atoms with Gasteiger partial charge in [0.1, 0.15) is 0 Å². The number of hydrogen-bond donors (Lipinski definition) is 1. The Morgan fingerprint density at radius 1 is 1.17 bits per heavy atom. The molecule has 2 aromatic rings. The summed E-state index contributed by atoms with van der Waals surface area (Å²) in [4.78, 5) is 8.97. The molecule has 8 heteroatoms. The maximum Gasteiger partial charge on any atom is 0.204 e. The van der Waals surface area contributed by atoms with Gasteiger partial charge >= 0.3 is 0 Å². The standard InChI is InChI=1S/C16H24N6S2/c1-13(2)18-15-19-22(16(23)24-15)12-21-9-7-20(8-10-21)11-14-3-5-17-6-4-14/h3-6,13H,7-12H2,1-2H3,(H,18,19). The van der Waals surface area contributed by atoms with Gasteiger partial charge in [0.2, 0.25) is 5.13 Å². The maximum atomic E-state index is 5.44. The fraction of sp³-hybridized carbons (Fsp3) is 0.562. The van der Waals surface area contributed by atoms with Crippen LogP contribution in [0.2, 0.25) is 0 Å². The van der Waals surface area contributed by atoms with Gasteiger partial charge in [-0.2, -0.15) is 0 Å². The molecule has 0 aliphatic carbocycles. The number of piperazine rings is 1. The van der Waals surface area contributed by atoms with Gasteiger partial charge in [0.05, 0.1) is 6.67 Å². The molecule has 0 atom stereocenters. The van der Waals surface area contributed by atoms with Gasteiger partial charge in [-0.05, 0) is 43.8 Å². The van der Waals surface area contributed by atoms with E-state index < -0.39 is 0 Å². The Morgan fingerprint density at radius 2 is 1.83 bits per heavy atom. The van der Waals surface area contributed by atoms with Crippen molar-refractivity contribution in [2.45, 2.75) is 33.1 Å². The Morgan fingerprint density at radius 3 is 2.50 bits per heavy atom. The van der Waals surface area contributed by atoms with Gasteiger partial charge in [-0.25, -0.2) is 4.68 Å². The maximum absolute atomic E-state index is 5.44. The third kappa shape index (κ3) is 4.83. The highest BCUT2D eigenvalue weighted by atomic mass is 32.1. The molecule has 0 aromatic carbocycles. The van der Waals surface area contributed by atoms with Gasteiger partial charge in [-0.15, -0.1) is 5.10 Å². The molecular formula is C16H24N6S2. The lowest BCUT2D eigenvalue weighted by Gasteiger charge is -2.34. The molecule has 1 N–H and O–H groups in total. The number of hydrogen-bond acceptors (Lipinski definition) is 7. The van der Waals surface area contributed by atoms with Gasteiger partial charge in [-0.1, -0.05) is 11.3 Å². The van der Waals surface area contributed by atoms with Crippen LogP contribution < -0.4 is 5.32 Å². The van der Waals surface area contributed by atoms with E-state index in [1.165, 1.54) is 5.56 Å². The zero-order chi connectivity index (χ0) is 16.9. The topological polar surface area (TPSA) is 49.2 Å². The molecular weight excluding hydrogens is 340 g/mol. The zero-order valence-corrected chi connectivity index (χ0v) is 15.8. The van der Waals surface area contributed by atoms with Crippen LogP contribution in [0.5, 0.6) is 0 Å². The van der Waals surface area contributed by atoms with Crippen molar-refractivity contribution in [3.8, 4) is 0 Å². The van der Waals surface area contributed by atoms with Crippen LogP contribution in [-0.4, -0.2) is 56.8 Å². The Bertz CT molecular complexity index is 688. The van der Waals surface area contributed by atoms with Gasteiger partial charge in [0.15, 0.2) is 3.95 Å². The fourth-order valence-electron chi connectivity index (χ4n) is 2.73. The highest BCUT2D eigenvalue weighted by Crippen LogP contribution is 2.16. The van der Waals surface area contributed by atoms with Crippen molar-refractivity contribution in [2.24, 2.45) is 0 Å². The number of pyridine rings is 1. The summed E-state index contributed by atoms with van der Waals surface area (Å²) in [6.45, 7) is 10.2. The predicted molar refractivity (Wildman–Crippen MR) is 101 cm³/mol. The first-order valence-electron chi connectivity index (χ1n) is 8.28. The third-order valence-corrected chi connectivity index (χ3v) is 5.21. The molecule has 130 valence electrons. The van der Waals surface area contributed by atoms with Gasteiger partial charge in [0.25, 0.3) is 0 Å². The summed E-state index contributed by atoms with van der Waals surface area (Å²) in [5.74, 6) is 0. The predicted octanol–water partition coefficient (Wildman–Crippen LogP) is 2.66. The number of nitrogens with one attached hydrogen (secondary N) is 1. The summed E-state index contributed by atoms with van der Waals surface area (Å²) in [7, 11) is 0. The highest BCUT2D eigenvalue weighted by Gasteiger charge is 2.18. The van der Waals surface area contributed by atoms with E-state index in [1.54, 1.807) is 11.3 Å². The van der Waals surface area contributed by atoms with Gasteiger partial charge in [-0.3, -0.25) is 14.8 Å². The lowest BCUT2D eigenvalue weighted by molar-refractivity contribution is 0.0985. The van der Waals surface area contributed by atoms with Crippen LogP contribution in [0.1, 0.15) is 19.4 Å². The van der Waals surface area contributed by atoms with E-state index in [9.17, 15) is 0 Å². The average Bonchev–Trinajstić information content (AvgIpc) is 2.89. The molecule has 1 aliphatic heterocycles. The van der Waals surface area contributed by atoms with E-state index in [2.05, 4.69) is 51.2 Å². The van der Waals surface area contributed by atoms with E-state index in [4.69, 9.17) is 12.2 Å². The Balaban J connectivity index is 1.50. The minimum absolute atomic E-state index is 0.371. The van der Waals surface area contributed by atoms with Crippen LogP contribution in [0.25, 0.3) is 0 Å². The summed E-state index contributed by atoms with van der Waals surface area (Å²) in [6, 6.07) is 4.55. The summed E-state index contributed by atoms with van der Waals surface area (Å²) in [5.41, 5.74) is 1.32. The zero-order valence-electron chi connectivity index (χ0n) is 14.2. The van der Waals surface area contributed by atoms with Crippen LogP contribution in [0, 0.1) is 3.95 Å². The van der Waals surface area contributed by atoms with E-state index in [0.29, 0.717) is 6.04 Å². The molecule has 3 heterocycles. The molecule has 1 saturated heterocycles. The van der Waals surface area contributed by atoms with Crippen molar-refractivity contribution in [2.75, 3.05) is 31.5 Å². The molecule has 1 fully saturated rings. The van der Waals surface area contributed by atoms with Gasteiger partial charge < -0.3 is 5.32 Å². The number of anilines is 1. The first-order valence-corrected chi connectivity index (χ1v) is 9.51. The van der Waals surface area contributed by atoms with Crippen molar-refractivity contribution < 1.29 is 0 Å². The molecule has 0 amide bonds. The smallest absolute Gasteiger partial charge is 0.204 e. The molecule has 0 spiro atoms. The summed E-state index contributed by atoms with van der Waals surface area (Å²) >= 11 is 6.99. The molecule has 24 heavy (non-hydrogen) atoms. The van der Waals surface area contributed by atoms with Crippen molar-refractivity contribution >= 4 is 28.7 Å². The average molecular weight is 365 g/mol. The number of aromatic nitrogens is 3. The Hall–Kier alpha value is -1.35. The second-order valence-corrected chi connectivity index (χ2v) is 7.99. The highest BCUT2D eigenvalue weighted by molar-refractivity contribution is 7.73. The normalized spacial score (nSPS) is 16.6. The Labute approximate surface area is 152 Å². The molecule has 3 rings (SSSR count). The Kier molecular flexibility index (Phi) is 5.94. The largest absolute Gasteiger partial charge is 0.358 e. The lowest BCUT2D eigenvalue weighted by atomic mass is 10.2. The summed E-state index contributed by atoms with van der Waals surface area (Å²) < 4.78 is 2.76. The summed E-state index contributed by atoms with van der Waals surface area (Å²) in [5, 5.41) is 8.82. The monoisotopic (exact) mass is 364 g/mol. The van der Waals surface area contributed by atoms with E-state index >= 15 is 0 Å². The molecule has 0 saturated carbocycles. The first-order chi connectivity index (χ1) is 11.6. The summed E-state index contributed by atoms with van der Waals surface area (Å²) in [6.07, 6.45) is 3.72. The first kappa shape index (κ1) is 17.5. The van der Waals surface area contributed by atoms with E-state index in [-0.39, 0.29) is 0 Å². The second-order valence-electron chi connectivity index (χ2n) is 6.36. The van der Waals surface area contributed by atoms with Crippen molar-refractivity contribution in [1.29, 1.82) is 0 Å². The van der Waals surface area contributed by atoms with Crippen molar-refractivity contribution in [3.05, 3.63) is 34.0 Å². The van der Waals surface area contributed by atoms with E-state index in [1.807, 2.05) is 17.1 Å². The van der Waals surface area contributed by atoms with Crippen molar-refractivity contribution in [3.63, 3.8) is 0 Å². The molecule has 2 aromatic heterocycles. The fourth-order valence-corrected chi connectivity index (χ4v) is 3.86.